The number of rotatable bonds is 5. The van der Waals surface area contributed by atoms with Crippen LogP contribution in [-0.2, 0) is 11.2 Å². The molecule has 2 aromatic carbocycles. The second-order valence-corrected chi connectivity index (χ2v) is 10.2. The number of aromatic amines is 1. The fourth-order valence-electron chi connectivity index (χ4n) is 4.85. The highest BCUT2D eigenvalue weighted by Gasteiger charge is 2.29. The van der Waals surface area contributed by atoms with Gasteiger partial charge < -0.3 is 14.4 Å². The molecule has 1 aromatic heterocycles. The Morgan fingerprint density at radius 3 is 2.68 bits per heavy atom. The zero-order valence-electron chi connectivity index (χ0n) is 20.4. The minimum Gasteiger partial charge on any atom is -0.454 e. The first kappa shape index (κ1) is 26.0. The van der Waals surface area contributed by atoms with Gasteiger partial charge in [0.05, 0.1) is 21.8 Å². The van der Waals surface area contributed by atoms with E-state index in [0.29, 0.717) is 30.2 Å². The third kappa shape index (κ3) is 5.18. The van der Waals surface area contributed by atoms with Gasteiger partial charge in [0.2, 0.25) is 5.69 Å². The summed E-state index contributed by atoms with van der Waals surface area (Å²) in [4.78, 5) is 40.9. The predicted octanol–water partition coefficient (Wildman–Crippen LogP) is 3.70. The Morgan fingerprint density at radius 1 is 1.21 bits per heavy atom. The molecule has 0 saturated carbocycles. The van der Waals surface area contributed by atoms with Gasteiger partial charge in [-0.2, -0.15) is 9.94 Å². The SMILES string of the molecule is CC1CC(CN2CCc3cc(Oc4c(Cl)cc(-n5nc(C#N)c(=O)[nH]c5=O)cc4Cl)ccc3C2=O)CCO1. The average molecular weight is 556 g/mol. The first-order chi connectivity index (χ1) is 18.2. The molecule has 12 heteroatoms. The van der Waals surface area contributed by atoms with Gasteiger partial charge in [0.15, 0.2) is 5.75 Å². The van der Waals surface area contributed by atoms with Crippen LogP contribution in [0.4, 0.5) is 0 Å². The van der Waals surface area contributed by atoms with Crippen molar-refractivity contribution in [2.24, 2.45) is 5.92 Å². The molecule has 5 rings (SSSR count). The first-order valence-electron chi connectivity index (χ1n) is 12.1. The summed E-state index contributed by atoms with van der Waals surface area (Å²) in [7, 11) is 0. The molecule has 2 aliphatic heterocycles. The van der Waals surface area contributed by atoms with Crippen LogP contribution < -0.4 is 16.0 Å². The number of amides is 1. The number of nitrogens with zero attached hydrogens (tertiary/aromatic N) is 4. The molecule has 3 heterocycles. The smallest absolute Gasteiger partial charge is 0.349 e. The van der Waals surface area contributed by atoms with Crippen molar-refractivity contribution in [1.82, 2.24) is 19.7 Å². The van der Waals surface area contributed by atoms with Crippen molar-refractivity contribution in [3.8, 4) is 23.3 Å². The minimum absolute atomic E-state index is 0.00736. The Labute approximate surface area is 227 Å². The topological polar surface area (TPSA) is 130 Å². The number of aromatic nitrogens is 3. The highest BCUT2D eigenvalue weighted by molar-refractivity contribution is 6.37. The summed E-state index contributed by atoms with van der Waals surface area (Å²) in [6.07, 6.45) is 2.83. The largest absolute Gasteiger partial charge is 0.454 e. The van der Waals surface area contributed by atoms with E-state index >= 15 is 0 Å². The zero-order chi connectivity index (χ0) is 27.0. The van der Waals surface area contributed by atoms with E-state index in [2.05, 4.69) is 12.0 Å². The van der Waals surface area contributed by atoms with E-state index in [1.54, 1.807) is 24.3 Å². The molecule has 196 valence electrons. The van der Waals surface area contributed by atoms with Crippen LogP contribution in [0, 0.1) is 17.2 Å². The summed E-state index contributed by atoms with van der Waals surface area (Å²) >= 11 is 12.8. The van der Waals surface area contributed by atoms with Crippen molar-refractivity contribution in [2.75, 3.05) is 19.7 Å². The molecule has 2 aliphatic rings. The van der Waals surface area contributed by atoms with E-state index in [9.17, 15) is 14.4 Å². The van der Waals surface area contributed by atoms with E-state index in [1.807, 2.05) is 9.88 Å². The molecule has 2 unspecified atom stereocenters. The maximum absolute atomic E-state index is 13.2. The van der Waals surface area contributed by atoms with Gasteiger partial charge in [-0.25, -0.2) is 4.79 Å². The van der Waals surface area contributed by atoms with Crippen LogP contribution in [0.2, 0.25) is 10.0 Å². The maximum atomic E-state index is 13.2. The lowest BCUT2D eigenvalue weighted by Gasteiger charge is -2.35. The second kappa shape index (κ2) is 10.6. The van der Waals surface area contributed by atoms with E-state index in [0.717, 1.165) is 36.2 Å². The normalized spacial score (nSPS) is 19.1. The summed E-state index contributed by atoms with van der Waals surface area (Å²) < 4.78 is 12.4. The van der Waals surface area contributed by atoms with E-state index in [1.165, 1.54) is 12.1 Å². The van der Waals surface area contributed by atoms with Gasteiger partial charge in [-0.3, -0.25) is 14.6 Å². The molecular weight excluding hydrogens is 533 g/mol. The van der Waals surface area contributed by atoms with Crippen LogP contribution in [0.3, 0.4) is 0 Å². The van der Waals surface area contributed by atoms with Crippen molar-refractivity contribution in [3.63, 3.8) is 0 Å². The van der Waals surface area contributed by atoms with Gasteiger partial charge in [-0.05, 0) is 68.0 Å². The van der Waals surface area contributed by atoms with Crippen LogP contribution in [0.25, 0.3) is 5.69 Å². The third-order valence-electron chi connectivity index (χ3n) is 6.70. The molecule has 1 N–H and O–H groups in total. The number of ether oxygens (including phenoxy) is 2. The van der Waals surface area contributed by atoms with Crippen molar-refractivity contribution >= 4 is 29.1 Å². The predicted molar refractivity (Wildman–Crippen MR) is 139 cm³/mol. The second-order valence-electron chi connectivity index (χ2n) is 9.36. The van der Waals surface area contributed by atoms with Crippen molar-refractivity contribution in [2.45, 2.75) is 32.3 Å². The molecule has 3 aromatic rings. The summed E-state index contributed by atoms with van der Waals surface area (Å²) in [6, 6.07) is 9.62. The molecule has 10 nitrogen and oxygen atoms in total. The molecule has 1 saturated heterocycles. The molecule has 0 radical (unpaired) electrons. The number of H-pyrrole nitrogens is 1. The Balaban J connectivity index is 1.35. The summed E-state index contributed by atoms with van der Waals surface area (Å²) in [5, 5.41) is 13.0. The quantitative estimate of drug-likeness (QED) is 0.507. The molecular formula is C26H23Cl2N5O5. The number of carbonyl (C=O) groups excluding carboxylic acids is 1. The van der Waals surface area contributed by atoms with Crippen molar-refractivity contribution < 1.29 is 14.3 Å². The van der Waals surface area contributed by atoms with Gasteiger partial charge in [-0.15, -0.1) is 5.10 Å². The molecule has 0 aliphatic carbocycles. The molecule has 0 bridgehead atoms. The Morgan fingerprint density at radius 2 is 1.97 bits per heavy atom. The highest BCUT2D eigenvalue weighted by Crippen LogP contribution is 2.39. The Hall–Kier alpha value is -3.65. The van der Waals surface area contributed by atoms with Crippen LogP contribution >= 0.6 is 23.2 Å². The summed E-state index contributed by atoms with van der Waals surface area (Å²) in [6.45, 7) is 4.15. The van der Waals surface area contributed by atoms with Gasteiger partial charge in [0, 0.05) is 25.3 Å². The van der Waals surface area contributed by atoms with Crippen LogP contribution in [0.1, 0.15) is 41.4 Å². The number of hydrogen-bond donors (Lipinski definition) is 1. The minimum atomic E-state index is -0.891. The molecule has 0 spiro atoms. The van der Waals surface area contributed by atoms with Gasteiger partial charge in [0.1, 0.15) is 11.8 Å². The number of fused-ring (bicyclic) bond motifs is 1. The zero-order valence-corrected chi connectivity index (χ0v) is 21.9. The van der Waals surface area contributed by atoms with Crippen molar-refractivity contribution in [3.05, 3.63) is 78.0 Å². The van der Waals surface area contributed by atoms with Gasteiger partial charge in [-0.1, -0.05) is 23.2 Å². The number of nitrogens with one attached hydrogen (secondary N) is 1. The number of hydrogen-bond acceptors (Lipinski definition) is 7. The van der Waals surface area contributed by atoms with Crippen molar-refractivity contribution in [1.29, 1.82) is 5.26 Å². The fraction of sp³-hybridized carbons (Fsp3) is 0.346. The van der Waals surface area contributed by atoms with E-state index in [4.69, 9.17) is 37.9 Å². The number of nitriles is 1. The van der Waals surface area contributed by atoms with E-state index in [-0.39, 0.29) is 33.5 Å². The number of halogens is 2. The molecule has 38 heavy (non-hydrogen) atoms. The summed E-state index contributed by atoms with van der Waals surface area (Å²) in [5.41, 5.74) is -0.566. The fourth-order valence-corrected chi connectivity index (χ4v) is 5.40. The van der Waals surface area contributed by atoms with Crippen LogP contribution in [-0.4, -0.2) is 51.4 Å². The Bertz CT molecular complexity index is 1550. The lowest BCUT2D eigenvalue weighted by Crippen LogP contribution is -2.42. The molecule has 2 atom stereocenters. The molecule has 1 fully saturated rings. The lowest BCUT2D eigenvalue weighted by atomic mass is 9.93. The van der Waals surface area contributed by atoms with Crippen LogP contribution in [0.5, 0.6) is 11.5 Å². The number of benzene rings is 2. The maximum Gasteiger partial charge on any atom is 0.349 e. The Kier molecular flexibility index (Phi) is 7.25. The lowest BCUT2D eigenvalue weighted by molar-refractivity contribution is -0.00508. The van der Waals surface area contributed by atoms with Gasteiger partial charge >= 0.3 is 5.69 Å². The number of carbonyl (C=O) groups is 1. The first-order valence-corrected chi connectivity index (χ1v) is 12.8. The summed E-state index contributed by atoms with van der Waals surface area (Å²) in [5.74, 6) is 1.04. The monoisotopic (exact) mass is 555 g/mol. The van der Waals surface area contributed by atoms with E-state index < -0.39 is 16.9 Å². The third-order valence-corrected chi connectivity index (χ3v) is 7.26. The van der Waals surface area contributed by atoms with Gasteiger partial charge in [0.25, 0.3) is 11.5 Å². The molecule has 1 amide bonds. The van der Waals surface area contributed by atoms with Crippen LogP contribution in [0.15, 0.2) is 39.9 Å². The standard InChI is InChI=1S/C26H23Cl2N5O5/c1-14-8-15(5-7-37-14)13-32-6-4-16-9-18(2-3-19(16)25(32)35)38-23-20(27)10-17(11-21(23)28)33-26(36)30-24(34)22(12-29)31-33/h2-3,9-11,14-15H,4-8,13H2,1H3,(H,30,34,36). The average Bonchev–Trinajstić information content (AvgIpc) is 2.88. The highest BCUT2D eigenvalue weighted by atomic mass is 35.5.